The van der Waals surface area contributed by atoms with E-state index in [9.17, 15) is 4.79 Å². The Morgan fingerprint density at radius 2 is 1.89 bits per heavy atom. The molecule has 1 saturated heterocycles. The van der Waals surface area contributed by atoms with Crippen LogP contribution >= 0.6 is 0 Å². The number of benzene rings is 1. The van der Waals surface area contributed by atoms with Gasteiger partial charge in [0.05, 0.1) is 12.2 Å². The van der Waals surface area contributed by atoms with Gasteiger partial charge in [0.1, 0.15) is 0 Å². The van der Waals surface area contributed by atoms with Gasteiger partial charge in [-0.25, -0.2) is 0 Å². The van der Waals surface area contributed by atoms with E-state index in [4.69, 9.17) is 0 Å². The SMILES string of the molecule is O=C1c2ccccc2NCN1CCN1CCCC1. The summed E-state index contributed by atoms with van der Waals surface area (Å²) in [7, 11) is 0. The zero-order valence-electron chi connectivity index (χ0n) is 10.6. The standard InChI is InChI=1S/C14H19N3O/c18-14-12-5-1-2-6-13(12)15-11-17(14)10-9-16-7-3-4-8-16/h1-2,5-6,15H,3-4,7-11H2. The summed E-state index contributed by atoms with van der Waals surface area (Å²) in [6, 6.07) is 7.74. The Morgan fingerprint density at radius 3 is 2.72 bits per heavy atom. The number of carbonyl (C=O) groups excluding carboxylic acids is 1. The third-order valence-corrected chi connectivity index (χ3v) is 3.79. The minimum atomic E-state index is 0.156. The monoisotopic (exact) mass is 245 g/mol. The Labute approximate surface area is 108 Å². The minimum absolute atomic E-state index is 0.156. The first-order valence-corrected chi connectivity index (χ1v) is 6.69. The van der Waals surface area contributed by atoms with Crippen molar-refractivity contribution < 1.29 is 4.79 Å². The predicted octanol–water partition coefficient (Wildman–Crippen LogP) is 1.61. The van der Waals surface area contributed by atoms with Crippen molar-refractivity contribution >= 4 is 11.6 Å². The quantitative estimate of drug-likeness (QED) is 0.878. The summed E-state index contributed by atoms with van der Waals surface area (Å²) < 4.78 is 0. The maximum absolute atomic E-state index is 12.3. The predicted molar refractivity (Wildman–Crippen MR) is 71.6 cm³/mol. The van der Waals surface area contributed by atoms with Crippen molar-refractivity contribution in [3.8, 4) is 0 Å². The van der Waals surface area contributed by atoms with Gasteiger partial charge in [-0.05, 0) is 38.1 Å². The van der Waals surface area contributed by atoms with Crippen molar-refractivity contribution in [2.24, 2.45) is 0 Å². The van der Waals surface area contributed by atoms with Gasteiger partial charge in [0.15, 0.2) is 0 Å². The van der Waals surface area contributed by atoms with E-state index in [0.717, 1.165) is 24.3 Å². The van der Waals surface area contributed by atoms with Gasteiger partial charge >= 0.3 is 0 Å². The highest BCUT2D eigenvalue weighted by Gasteiger charge is 2.24. The lowest BCUT2D eigenvalue weighted by Crippen LogP contribution is -2.43. The number of fused-ring (bicyclic) bond motifs is 1. The Hall–Kier alpha value is -1.55. The van der Waals surface area contributed by atoms with Crippen LogP contribution in [0.2, 0.25) is 0 Å². The zero-order valence-corrected chi connectivity index (χ0v) is 10.6. The fraction of sp³-hybridized carbons (Fsp3) is 0.500. The summed E-state index contributed by atoms with van der Waals surface area (Å²) in [6.45, 7) is 4.82. The Kier molecular flexibility index (Phi) is 3.19. The van der Waals surface area contributed by atoms with Crippen molar-refractivity contribution in [1.82, 2.24) is 9.80 Å². The van der Waals surface area contributed by atoms with Gasteiger partial charge in [-0.15, -0.1) is 0 Å². The third-order valence-electron chi connectivity index (χ3n) is 3.79. The summed E-state index contributed by atoms with van der Waals surface area (Å²) in [4.78, 5) is 16.6. The van der Waals surface area contributed by atoms with Crippen LogP contribution in [0.25, 0.3) is 0 Å². The molecule has 0 aromatic heterocycles. The van der Waals surface area contributed by atoms with E-state index in [1.54, 1.807) is 0 Å². The summed E-state index contributed by atoms with van der Waals surface area (Å²) in [5.74, 6) is 0.156. The first-order chi connectivity index (χ1) is 8.84. The Balaban J connectivity index is 1.63. The molecule has 2 heterocycles. The number of carbonyl (C=O) groups is 1. The van der Waals surface area contributed by atoms with Gasteiger partial charge < -0.3 is 15.1 Å². The van der Waals surface area contributed by atoms with Gasteiger partial charge in [-0.2, -0.15) is 0 Å². The number of nitrogens with zero attached hydrogens (tertiary/aromatic N) is 2. The molecule has 1 aromatic rings. The van der Waals surface area contributed by atoms with Gasteiger partial charge in [0, 0.05) is 18.8 Å². The molecule has 0 saturated carbocycles. The maximum atomic E-state index is 12.3. The molecule has 2 aliphatic heterocycles. The van der Waals surface area contributed by atoms with E-state index in [1.165, 1.54) is 25.9 Å². The van der Waals surface area contributed by atoms with Crippen LogP contribution < -0.4 is 5.32 Å². The molecule has 3 rings (SSSR count). The molecule has 0 radical (unpaired) electrons. The molecule has 0 spiro atoms. The highest BCUT2D eigenvalue weighted by molar-refractivity contribution is 6.01. The van der Waals surface area contributed by atoms with Crippen LogP contribution in [-0.2, 0) is 0 Å². The van der Waals surface area contributed by atoms with Gasteiger partial charge in [-0.3, -0.25) is 4.79 Å². The maximum Gasteiger partial charge on any atom is 0.257 e. The molecule has 2 aliphatic rings. The number of nitrogens with one attached hydrogen (secondary N) is 1. The number of hydrogen-bond donors (Lipinski definition) is 1. The second-order valence-electron chi connectivity index (χ2n) is 5.00. The lowest BCUT2D eigenvalue weighted by molar-refractivity contribution is 0.0743. The number of hydrogen-bond acceptors (Lipinski definition) is 3. The summed E-state index contributed by atoms with van der Waals surface area (Å²) in [6.07, 6.45) is 2.60. The molecule has 96 valence electrons. The van der Waals surface area contributed by atoms with Crippen LogP contribution in [0, 0.1) is 0 Å². The molecule has 0 bridgehead atoms. The van der Waals surface area contributed by atoms with Crippen molar-refractivity contribution in [3.05, 3.63) is 29.8 Å². The van der Waals surface area contributed by atoms with E-state index in [0.29, 0.717) is 6.67 Å². The average molecular weight is 245 g/mol. The van der Waals surface area contributed by atoms with Gasteiger partial charge in [-0.1, -0.05) is 12.1 Å². The fourth-order valence-corrected chi connectivity index (χ4v) is 2.70. The van der Waals surface area contributed by atoms with Crippen LogP contribution in [0.4, 0.5) is 5.69 Å². The average Bonchev–Trinajstić information content (AvgIpc) is 2.91. The second-order valence-corrected chi connectivity index (χ2v) is 5.00. The van der Waals surface area contributed by atoms with Crippen LogP contribution in [0.1, 0.15) is 23.2 Å². The third kappa shape index (κ3) is 2.20. The summed E-state index contributed by atoms with van der Waals surface area (Å²) >= 11 is 0. The lowest BCUT2D eigenvalue weighted by Gasteiger charge is -2.31. The van der Waals surface area contributed by atoms with Crippen molar-refractivity contribution in [1.29, 1.82) is 0 Å². The van der Waals surface area contributed by atoms with E-state index in [-0.39, 0.29) is 5.91 Å². The number of rotatable bonds is 3. The first kappa shape index (κ1) is 11.5. The minimum Gasteiger partial charge on any atom is -0.367 e. The molecule has 18 heavy (non-hydrogen) atoms. The molecule has 4 nitrogen and oxygen atoms in total. The topological polar surface area (TPSA) is 35.6 Å². The Morgan fingerprint density at radius 1 is 1.11 bits per heavy atom. The van der Waals surface area contributed by atoms with Crippen LogP contribution in [-0.4, -0.2) is 48.6 Å². The molecular formula is C14H19N3O. The van der Waals surface area contributed by atoms with Gasteiger partial charge in [0.2, 0.25) is 0 Å². The highest BCUT2D eigenvalue weighted by atomic mass is 16.2. The van der Waals surface area contributed by atoms with E-state index < -0.39 is 0 Å². The van der Waals surface area contributed by atoms with Crippen molar-refractivity contribution in [2.45, 2.75) is 12.8 Å². The molecule has 1 N–H and O–H groups in total. The van der Waals surface area contributed by atoms with E-state index in [2.05, 4.69) is 10.2 Å². The second kappa shape index (κ2) is 4.98. The largest absolute Gasteiger partial charge is 0.367 e. The highest BCUT2D eigenvalue weighted by Crippen LogP contribution is 2.21. The molecule has 1 amide bonds. The molecule has 0 unspecified atom stereocenters. The van der Waals surface area contributed by atoms with Crippen LogP contribution in [0.5, 0.6) is 0 Å². The van der Waals surface area contributed by atoms with Crippen molar-refractivity contribution in [3.63, 3.8) is 0 Å². The lowest BCUT2D eigenvalue weighted by atomic mass is 10.1. The van der Waals surface area contributed by atoms with E-state index >= 15 is 0 Å². The number of para-hydroxylation sites is 1. The fourth-order valence-electron chi connectivity index (χ4n) is 2.70. The normalized spacial score (nSPS) is 19.8. The smallest absolute Gasteiger partial charge is 0.257 e. The molecule has 1 aromatic carbocycles. The number of amides is 1. The zero-order chi connectivity index (χ0) is 12.4. The first-order valence-electron chi connectivity index (χ1n) is 6.69. The number of anilines is 1. The summed E-state index contributed by atoms with van der Waals surface area (Å²) in [5, 5.41) is 3.31. The molecular weight excluding hydrogens is 226 g/mol. The van der Waals surface area contributed by atoms with Gasteiger partial charge in [0.25, 0.3) is 5.91 Å². The number of likely N-dealkylation sites (tertiary alicyclic amines) is 1. The molecule has 0 aliphatic carbocycles. The molecule has 4 heteroatoms. The molecule has 1 fully saturated rings. The van der Waals surface area contributed by atoms with Crippen molar-refractivity contribution in [2.75, 3.05) is 38.2 Å². The van der Waals surface area contributed by atoms with Crippen LogP contribution in [0.3, 0.4) is 0 Å². The summed E-state index contributed by atoms with van der Waals surface area (Å²) in [5.41, 5.74) is 1.75. The van der Waals surface area contributed by atoms with E-state index in [1.807, 2.05) is 29.2 Å². The van der Waals surface area contributed by atoms with Crippen LogP contribution in [0.15, 0.2) is 24.3 Å². The Bertz CT molecular complexity index is 440. The molecule has 0 atom stereocenters.